The minimum atomic E-state index is -3.85. The molecule has 0 saturated carbocycles. The molecule has 0 aliphatic carbocycles. The number of sulfonamides is 1. The highest BCUT2D eigenvalue weighted by Gasteiger charge is 2.38. The SMILES string of the molecule is Cc1c(S(=O)(=O)N[C@@H]2CCO[C@@H]2C(=O)O)sc2cccc(Cl)c12. The van der Waals surface area contributed by atoms with Crippen LogP contribution in [0.3, 0.4) is 0 Å². The molecule has 0 unspecified atom stereocenters. The van der Waals surface area contributed by atoms with Crippen molar-refractivity contribution in [3.8, 4) is 0 Å². The molecule has 1 fully saturated rings. The first kappa shape index (κ1) is 16.7. The molecule has 0 spiro atoms. The summed E-state index contributed by atoms with van der Waals surface area (Å²) < 4.78 is 33.8. The molecule has 2 N–H and O–H groups in total. The molecule has 2 aromatic rings. The van der Waals surface area contributed by atoms with Crippen LogP contribution in [0.2, 0.25) is 5.02 Å². The van der Waals surface area contributed by atoms with Crippen LogP contribution in [0.1, 0.15) is 12.0 Å². The predicted octanol–water partition coefficient (Wildman–Crippen LogP) is 2.38. The van der Waals surface area contributed by atoms with Gasteiger partial charge in [-0.15, -0.1) is 11.3 Å². The second-order valence-corrected chi connectivity index (χ2v) is 8.64. The van der Waals surface area contributed by atoms with Crippen LogP contribution in [0.15, 0.2) is 22.4 Å². The van der Waals surface area contributed by atoms with Gasteiger partial charge in [-0.3, -0.25) is 0 Å². The monoisotopic (exact) mass is 375 g/mol. The van der Waals surface area contributed by atoms with Crippen molar-refractivity contribution in [2.24, 2.45) is 0 Å². The number of nitrogens with one attached hydrogen (secondary N) is 1. The van der Waals surface area contributed by atoms with Crippen molar-refractivity contribution in [3.63, 3.8) is 0 Å². The summed E-state index contributed by atoms with van der Waals surface area (Å²) in [5.74, 6) is -1.17. The van der Waals surface area contributed by atoms with Crippen LogP contribution in [0.25, 0.3) is 10.1 Å². The van der Waals surface area contributed by atoms with E-state index in [9.17, 15) is 13.2 Å². The van der Waals surface area contributed by atoms with Gasteiger partial charge < -0.3 is 9.84 Å². The first-order valence-corrected chi connectivity index (χ1v) is 9.53. The van der Waals surface area contributed by atoms with E-state index in [0.717, 1.165) is 16.0 Å². The van der Waals surface area contributed by atoms with Crippen LogP contribution in [0.4, 0.5) is 0 Å². The Labute approximate surface area is 142 Å². The quantitative estimate of drug-likeness (QED) is 0.855. The van der Waals surface area contributed by atoms with Crippen LogP contribution in [0.5, 0.6) is 0 Å². The first-order valence-electron chi connectivity index (χ1n) is 6.85. The summed E-state index contributed by atoms with van der Waals surface area (Å²) in [6.45, 7) is 1.90. The number of carboxylic acids is 1. The molecule has 0 bridgehead atoms. The third kappa shape index (κ3) is 2.97. The Bertz CT molecular complexity index is 877. The van der Waals surface area contributed by atoms with Crippen LogP contribution in [0, 0.1) is 6.92 Å². The summed E-state index contributed by atoms with van der Waals surface area (Å²) in [7, 11) is -3.85. The van der Waals surface area contributed by atoms with Gasteiger partial charge in [0, 0.05) is 21.7 Å². The van der Waals surface area contributed by atoms with Crippen LogP contribution in [-0.2, 0) is 19.6 Å². The van der Waals surface area contributed by atoms with E-state index in [4.69, 9.17) is 21.4 Å². The van der Waals surface area contributed by atoms with Crippen molar-refractivity contribution in [1.82, 2.24) is 4.72 Å². The lowest BCUT2D eigenvalue weighted by atomic mass is 10.1. The highest BCUT2D eigenvalue weighted by molar-refractivity contribution is 7.91. The van der Waals surface area contributed by atoms with Gasteiger partial charge in [0.15, 0.2) is 6.10 Å². The zero-order valence-electron chi connectivity index (χ0n) is 12.1. The molecule has 2 atom stereocenters. The largest absolute Gasteiger partial charge is 0.479 e. The molecule has 1 aromatic heterocycles. The van der Waals surface area contributed by atoms with Gasteiger partial charge in [-0.05, 0) is 31.0 Å². The molecule has 0 amide bonds. The molecule has 1 aromatic carbocycles. The van der Waals surface area contributed by atoms with Gasteiger partial charge in [-0.2, -0.15) is 0 Å². The number of thiophene rings is 1. The van der Waals surface area contributed by atoms with E-state index in [1.165, 1.54) is 0 Å². The number of benzene rings is 1. The van der Waals surface area contributed by atoms with E-state index in [1.54, 1.807) is 25.1 Å². The molecule has 124 valence electrons. The number of rotatable bonds is 4. The summed E-state index contributed by atoms with van der Waals surface area (Å²) >= 11 is 7.27. The molecular weight excluding hydrogens is 362 g/mol. The molecule has 2 heterocycles. The fourth-order valence-corrected chi connectivity index (χ4v) is 6.14. The van der Waals surface area contributed by atoms with Crippen molar-refractivity contribution in [2.75, 3.05) is 6.61 Å². The van der Waals surface area contributed by atoms with Gasteiger partial charge in [-0.25, -0.2) is 17.9 Å². The summed E-state index contributed by atoms with van der Waals surface area (Å²) in [5, 5.41) is 10.3. The van der Waals surface area contributed by atoms with Gasteiger partial charge in [0.1, 0.15) is 4.21 Å². The van der Waals surface area contributed by atoms with E-state index < -0.39 is 28.1 Å². The summed E-state index contributed by atoms with van der Waals surface area (Å²) in [5.41, 5.74) is 0.564. The van der Waals surface area contributed by atoms with Crippen LogP contribution in [-0.4, -0.2) is 38.2 Å². The zero-order valence-corrected chi connectivity index (χ0v) is 14.5. The van der Waals surface area contributed by atoms with Crippen LogP contribution >= 0.6 is 22.9 Å². The average molecular weight is 376 g/mol. The number of hydrogen-bond donors (Lipinski definition) is 2. The average Bonchev–Trinajstić information content (AvgIpc) is 3.04. The Morgan fingerprint density at radius 2 is 2.22 bits per heavy atom. The van der Waals surface area contributed by atoms with Crippen molar-refractivity contribution in [1.29, 1.82) is 0 Å². The highest BCUT2D eigenvalue weighted by Crippen LogP contribution is 2.38. The van der Waals surface area contributed by atoms with E-state index in [2.05, 4.69) is 4.72 Å². The maximum absolute atomic E-state index is 12.7. The van der Waals surface area contributed by atoms with Crippen molar-refractivity contribution in [2.45, 2.75) is 29.7 Å². The Hall–Kier alpha value is -1.19. The number of hydrogen-bond acceptors (Lipinski definition) is 5. The Balaban J connectivity index is 1.99. The first-order chi connectivity index (χ1) is 10.8. The Morgan fingerprint density at radius 1 is 1.48 bits per heavy atom. The van der Waals surface area contributed by atoms with E-state index >= 15 is 0 Å². The standard InChI is InChI=1S/C14H14ClNO5S2/c1-7-11-8(15)3-2-4-10(11)22-14(7)23(19,20)16-9-5-6-21-12(9)13(17)18/h2-4,9,12,16H,5-6H2,1H3,(H,17,18)/t9-,12+/m1/s1. The van der Waals surface area contributed by atoms with Gasteiger partial charge in [0.25, 0.3) is 10.0 Å². The zero-order chi connectivity index (χ0) is 16.8. The number of ether oxygens (including phenoxy) is 1. The topological polar surface area (TPSA) is 92.7 Å². The Kier molecular flexibility index (Phi) is 4.37. The van der Waals surface area contributed by atoms with Crippen molar-refractivity contribution < 1.29 is 23.1 Å². The van der Waals surface area contributed by atoms with E-state index in [1.807, 2.05) is 0 Å². The summed E-state index contributed by atoms with van der Waals surface area (Å²) in [6.07, 6.45) is -0.844. The smallest absolute Gasteiger partial charge is 0.334 e. The molecule has 23 heavy (non-hydrogen) atoms. The van der Waals surface area contributed by atoms with Gasteiger partial charge in [-0.1, -0.05) is 17.7 Å². The molecule has 3 rings (SSSR count). The lowest BCUT2D eigenvalue weighted by Gasteiger charge is -2.16. The fraction of sp³-hybridized carbons (Fsp3) is 0.357. The predicted molar refractivity (Wildman–Crippen MR) is 87.7 cm³/mol. The molecule has 6 nitrogen and oxygen atoms in total. The molecular formula is C14H14ClNO5S2. The lowest BCUT2D eigenvalue weighted by Crippen LogP contribution is -2.43. The van der Waals surface area contributed by atoms with Gasteiger partial charge in [0.05, 0.1) is 6.04 Å². The maximum Gasteiger partial charge on any atom is 0.334 e. The fourth-order valence-electron chi connectivity index (χ4n) is 2.69. The molecule has 9 heteroatoms. The summed E-state index contributed by atoms with van der Waals surface area (Å²) in [4.78, 5) is 11.1. The normalized spacial score (nSPS) is 21.8. The molecule has 1 aliphatic heterocycles. The molecule has 0 radical (unpaired) electrons. The third-order valence-corrected chi connectivity index (χ3v) is 7.43. The highest BCUT2D eigenvalue weighted by atomic mass is 35.5. The number of fused-ring (bicyclic) bond motifs is 1. The second-order valence-electron chi connectivity index (χ2n) is 5.27. The van der Waals surface area contributed by atoms with Gasteiger partial charge >= 0.3 is 5.97 Å². The second kappa shape index (κ2) is 6.03. The minimum Gasteiger partial charge on any atom is -0.479 e. The van der Waals surface area contributed by atoms with Crippen molar-refractivity contribution in [3.05, 3.63) is 28.8 Å². The van der Waals surface area contributed by atoms with Gasteiger partial charge in [0.2, 0.25) is 0 Å². The number of aliphatic carboxylic acids is 1. The van der Waals surface area contributed by atoms with Crippen LogP contribution < -0.4 is 4.72 Å². The number of carboxylic acid groups (broad SMARTS) is 1. The maximum atomic E-state index is 12.7. The lowest BCUT2D eigenvalue weighted by molar-refractivity contribution is -0.147. The number of halogens is 1. The van der Waals surface area contributed by atoms with E-state index in [-0.39, 0.29) is 10.8 Å². The van der Waals surface area contributed by atoms with E-state index in [0.29, 0.717) is 22.4 Å². The summed E-state index contributed by atoms with van der Waals surface area (Å²) in [6, 6.07) is 4.49. The number of carbonyl (C=O) groups is 1. The molecule has 1 aliphatic rings. The number of aryl methyl sites for hydroxylation is 1. The van der Waals surface area contributed by atoms with Crippen molar-refractivity contribution >= 4 is 49.0 Å². The Morgan fingerprint density at radius 3 is 2.87 bits per heavy atom. The minimum absolute atomic E-state index is 0.150. The third-order valence-electron chi connectivity index (χ3n) is 3.74. The molecule has 1 saturated heterocycles.